The van der Waals surface area contributed by atoms with E-state index in [4.69, 9.17) is 4.42 Å². The van der Waals surface area contributed by atoms with Crippen molar-refractivity contribution in [1.29, 1.82) is 0 Å². The minimum atomic E-state index is -3.68. The maximum atomic E-state index is 12.7. The summed E-state index contributed by atoms with van der Waals surface area (Å²) in [7, 11) is -2.19. The second-order valence-corrected chi connectivity index (χ2v) is 9.08. The molecule has 7 heteroatoms. The Morgan fingerprint density at radius 3 is 2.22 bits per heavy atom. The van der Waals surface area contributed by atoms with E-state index in [1.54, 1.807) is 6.07 Å². The SMILES string of the molecule is CC(=O)c1ccc(S(=O)(=O)N(C)Cc2ccc(-c3ccc(Br)cc3)o2)cc1. The molecule has 0 bridgehead atoms. The molecular formula is C20H18BrNO4S. The number of Topliss-reactive ketones (excluding diaryl/α,β-unsaturated/α-hetero) is 1. The third-order valence-electron chi connectivity index (χ3n) is 4.14. The number of nitrogens with zero attached hydrogens (tertiary/aromatic N) is 1. The zero-order valence-electron chi connectivity index (χ0n) is 14.8. The Morgan fingerprint density at radius 1 is 1.00 bits per heavy atom. The number of furan rings is 1. The summed E-state index contributed by atoms with van der Waals surface area (Å²) in [5.74, 6) is 1.11. The molecule has 0 radical (unpaired) electrons. The van der Waals surface area contributed by atoms with Crippen molar-refractivity contribution < 1.29 is 17.6 Å². The summed E-state index contributed by atoms with van der Waals surface area (Å²) in [6, 6.07) is 17.2. The highest BCUT2D eigenvalue weighted by atomic mass is 79.9. The van der Waals surface area contributed by atoms with E-state index in [1.807, 2.05) is 30.3 Å². The van der Waals surface area contributed by atoms with Crippen LogP contribution in [0, 0.1) is 0 Å². The lowest BCUT2D eigenvalue weighted by Gasteiger charge is -2.16. The lowest BCUT2D eigenvalue weighted by atomic mass is 10.2. The summed E-state index contributed by atoms with van der Waals surface area (Å²) in [5.41, 5.74) is 1.39. The molecule has 0 aliphatic rings. The quantitative estimate of drug-likeness (QED) is 0.512. The topological polar surface area (TPSA) is 67.6 Å². The first-order valence-corrected chi connectivity index (χ1v) is 10.4. The molecule has 0 saturated carbocycles. The fourth-order valence-corrected chi connectivity index (χ4v) is 3.98. The van der Waals surface area contributed by atoms with Gasteiger partial charge in [-0.05, 0) is 43.3 Å². The molecule has 0 saturated heterocycles. The van der Waals surface area contributed by atoms with E-state index in [0.717, 1.165) is 10.0 Å². The molecule has 0 unspecified atom stereocenters. The highest BCUT2D eigenvalue weighted by Gasteiger charge is 2.22. The van der Waals surface area contributed by atoms with Gasteiger partial charge in [-0.25, -0.2) is 8.42 Å². The van der Waals surface area contributed by atoms with Crippen molar-refractivity contribution in [3.8, 4) is 11.3 Å². The summed E-state index contributed by atoms with van der Waals surface area (Å²) in [6.07, 6.45) is 0. The minimum absolute atomic E-state index is 0.104. The maximum absolute atomic E-state index is 12.7. The number of sulfonamides is 1. The normalized spacial score (nSPS) is 11.7. The fraction of sp³-hybridized carbons (Fsp3) is 0.150. The van der Waals surface area contributed by atoms with E-state index < -0.39 is 10.0 Å². The first-order valence-electron chi connectivity index (χ1n) is 8.19. The Labute approximate surface area is 166 Å². The molecule has 0 amide bonds. The molecular weight excluding hydrogens is 430 g/mol. The van der Waals surface area contributed by atoms with Crippen molar-refractivity contribution in [3.63, 3.8) is 0 Å². The number of carbonyl (C=O) groups excluding carboxylic acids is 1. The van der Waals surface area contributed by atoms with Crippen molar-refractivity contribution in [2.75, 3.05) is 7.05 Å². The smallest absolute Gasteiger partial charge is 0.243 e. The van der Waals surface area contributed by atoms with Gasteiger partial charge in [0.05, 0.1) is 11.4 Å². The van der Waals surface area contributed by atoms with E-state index in [1.165, 1.54) is 42.5 Å². The molecule has 1 aromatic heterocycles. The largest absolute Gasteiger partial charge is 0.460 e. The van der Waals surface area contributed by atoms with Gasteiger partial charge < -0.3 is 4.42 Å². The second-order valence-electron chi connectivity index (χ2n) is 6.11. The van der Waals surface area contributed by atoms with Gasteiger partial charge in [0.15, 0.2) is 5.78 Å². The van der Waals surface area contributed by atoms with Crippen LogP contribution in [0.1, 0.15) is 23.0 Å². The first-order chi connectivity index (χ1) is 12.8. The van der Waals surface area contributed by atoms with Crippen molar-refractivity contribution >= 4 is 31.7 Å². The van der Waals surface area contributed by atoms with Crippen LogP contribution in [-0.4, -0.2) is 25.6 Å². The number of ketones is 1. The van der Waals surface area contributed by atoms with E-state index in [2.05, 4.69) is 15.9 Å². The summed E-state index contributed by atoms with van der Waals surface area (Å²) in [6.45, 7) is 1.54. The average Bonchev–Trinajstić information content (AvgIpc) is 3.10. The zero-order chi connectivity index (χ0) is 19.6. The predicted octanol–water partition coefficient (Wildman–Crippen LogP) is 4.73. The molecule has 2 aromatic carbocycles. The van der Waals surface area contributed by atoms with Crippen LogP contribution in [0.15, 0.2) is 74.4 Å². The Balaban J connectivity index is 1.77. The molecule has 0 aliphatic heterocycles. The standard InChI is InChI=1S/C20H18BrNO4S/c1-14(23)15-5-10-19(11-6-15)27(24,25)22(2)13-18-9-12-20(26-18)16-3-7-17(21)8-4-16/h3-12H,13H2,1-2H3. The second kappa shape index (κ2) is 7.80. The van der Waals surface area contributed by atoms with Gasteiger partial charge in [0.1, 0.15) is 11.5 Å². The number of carbonyl (C=O) groups is 1. The monoisotopic (exact) mass is 447 g/mol. The van der Waals surface area contributed by atoms with Gasteiger partial charge in [0, 0.05) is 22.6 Å². The van der Waals surface area contributed by atoms with E-state index >= 15 is 0 Å². The van der Waals surface area contributed by atoms with E-state index in [9.17, 15) is 13.2 Å². The van der Waals surface area contributed by atoms with Crippen LogP contribution in [0.4, 0.5) is 0 Å². The number of halogens is 1. The van der Waals surface area contributed by atoms with Gasteiger partial charge in [0.2, 0.25) is 10.0 Å². The number of rotatable bonds is 6. The van der Waals surface area contributed by atoms with Crippen LogP contribution in [-0.2, 0) is 16.6 Å². The van der Waals surface area contributed by atoms with Gasteiger partial charge in [-0.15, -0.1) is 0 Å². The van der Waals surface area contributed by atoms with Crippen LogP contribution >= 0.6 is 15.9 Å². The first kappa shape index (κ1) is 19.5. The average molecular weight is 448 g/mol. The van der Waals surface area contributed by atoms with Gasteiger partial charge in [-0.3, -0.25) is 4.79 Å². The van der Waals surface area contributed by atoms with E-state index in [-0.39, 0.29) is 17.2 Å². The highest BCUT2D eigenvalue weighted by Crippen LogP contribution is 2.25. The van der Waals surface area contributed by atoms with Gasteiger partial charge in [-0.2, -0.15) is 4.31 Å². The van der Waals surface area contributed by atoms with Gasteiger partial charge in [0.25, 0.3) is 0 Å². The zero-order valence-corrected chi connectivity index (χ0v) is 17.2. The molecule has 27 heavy (non-hydrogen) atoms. The number of hydrogen-bond acceptors (Lipinski definition) is 4. The number of benzene rings is 2. The molecule has 1 heterocycles. The Morgan fingerprint density at radius 2 is 1.63 bits per heavy atom. The summed E-state index contributed by atoms with van der Waals surface area (Å²) >= 11 is 3.39. The third kappa shape index (κ3) is 4.37. The lowest BCUT2D eigenvalue weighted by Crippen LogP contribution is -2.26. The minimum Gasteiger partial charge on any atom is -0.460 e. The van der Waals surface area contributed by atoms with E-state index in [0.29, 0.717) is 17.1 Å². The van der Waals surface area contributed by atoms with Crippen molar-refractivity contribution in [3.05, 3.63) is 76.5 Å². The third-order valence-corrected chi connectivity index (χ3v) is 6.48. The van der Waals surface area contributed by atoms with Crippen LogP contribution in [0.5, 0.6) is 0 Å². The molecule has 5 nitrogen and oxygen atoms in total. The Bertz CT molecular complexity index is 1050. The van der Waals surface area contributed by atoms with Crippen molar-refractivity contribution in [2.45, 2.75) is 18.4 Å². The molecule has 3 rings (SSSR count). The summed E-state index contributed by atoms with van der Waals surface area (Å²) in [4.78, 5) is 11.5. The molecule has 0 spiro atoms. The summed E-state index contributed by atoms with van der Waals surface area (Å²) < 4.78 is 33.4. The summed E-state index contributed by atoms with van der Waals surface area (Å²) in [5, 5.41) is 0. The van der Waals surface area contributed by atoms with Crippen LogP contribution in [0.3, 0.4) is 0 Å². The van der Waals surface area contributed by atoms with Crippen LogP contribution < -0.4 is 0 Å². The van der Waals surface area contributed by atoms with Gasteiger partial charge in [-0.1, -0.05) is 40.2 Å². The molecule has 0 aliphatic carbocycles. The van der Waals surface area contributed by atoms with Gasteiger partial charge >= 0.3 is 0 Å². The van der Waals surface area contributed by atoms with Crippen LogP contribution in [0.2, 0.25) is 0 Å². The molecule has 3 aromatic rings. The molecule has 0 atom stereocenters. The predicted molar refractivity (Wildman–Crippen MR) is 107 cm³/mol. The Hall–Kier alpha value is -2.22. The highest BCUT2D eigenvalue weighted by molar-refractivity contribution is 9.10. The lowest BCUT2D eigenvalue weighted by molar-refractivity contribution is 0.101. The molecule has 0 N–H and O–H groups in total. The van der Waals surface area contributed by atoms with Crippen molar-refractivity contribution in [1.82, 2.24) is 4.31 Å². The fourth-order valence-electron chi connectivity index (χ4n) is 2.58. The number of hydrogen-bond donors (Lipinski definition) is 0. The molecule has 0 fully saturated rings. The maximum Gasteiger partial charge on any atom is 0.243 e. The Kier molecular flexibility index (Phi) is 5.64. The van der Waals surface area contributed by atoms with Crippen LogP contribution in [0.25, 0.3) is 11.3 Å². The van der Waals surface area contributed by atoms with Crippen molar-refractivity contribution in [2.24, 2.45) is 0 Å². The molecule has 140 valence electrons.